The Balaban J connectivity index is 1.38. The Morgan fingerprint density at radius 1 is 1.20 bits per heavy atom. The van der Waals surface area contributed by atoms with Crippen LogP contribution in [0.4, 0.5) is 28.9 Å². The summed E-state index contributed by atoms with van der Waals surface area (Å²) in [6, 6.07) is 9.61. The van der Waals surface area contributed by atoms with Gasteiger partial charge in [0, 0.05) is 18.3 Å². The fourth-order valence-electron chi connectivity index (χ4n) is 5.04. The summed E-state index contributed by atoms with van der Waals surface area (Å²) in [6.07, 6.45) is -4.47. The first-order valence-electron chi connectivity index (χ1n) is 13.3. The van der Waals surface area contributed by atoms with Crippen LogP contribution in [0.2, 0.25) is 0 Å². The van der Waals surface area contributed by atoms with Crippen LogP contribution in [-0.2, 0) is 16.1 Å². The topological polar surface area (TPSA) is 77.4 Å². The summed E-state index contributed by atoms with van der Waals surface area (Å²) in [6.45, 7) is 1.16. The molecule has 2 heterocycles. The number of likely N-dealkylation sites (tertiary alicyclic amines) is 1. The summed E-state index contributed by atoms with van der Waals surface area (Å²) in [5.41, 5.74) is 1.30. The molecule has 0 spiro atoms. The normalized spacial score (nSPS) is 21.1. The molecular formula is C29H32F4N4O2S2. The quantitative estimate of drug-likeness (QED) is 0.201. The summed E-state index contributed by atoms with van der Waals surface area (Å²) < 4.78 is 82.5. The number of hydrogen-bond acceptors (Lipinski definition) is 7. The molecule has 3 atom stereocenters. The first-order chi connectivity index (χ1) is 19.5. The molecule has 0 radical (unpaired) electrons. The maximum absolute atomic E-state index is 14.7. The average molecular weight is 609 g/mol. The van der Waals surface area contributed by atoms with E-state index >= 15 is 0 Å². The van der Waals surface area contributed by atoms with Gasteiger partial charge in [0.15, 0.2) is 0 Å². The Kier molecular flexibility index (Phi) is 8.41. The molecule has 6 nitrogen and oxygen atoms in total. The van der Waals surface area contributed by atoms with E-state index in [0.29, 0.717) is 49.9 Å². The highest BCUT2D eigenvalue weighted by atomic mass is 32.2. The molecule has 1 unspecified atom stereocenters. The number of hydrogen-bond donors (Lipinski definition) is 3. The summed E-state index contributed by atoms with van der Waals surface area (Å²) in [7, 11) is 0.455. The van der Waals surface area contributed by atoms with Crippen molar-refractivity contribution in [1.82, 2.24) is 4.90 Å². The van der Waals surface area contributed by atoms with Crippen LogP contribution in [0.1, 0.15) is 29.7 Å². The number of ether oxygens (including phenoxy) is 1. The van der Waals surface area contributed by atoms with Gasteiger partial charge in [-0.05, 0) is 61.5 Å². The Morgan fingerprint density at radius 2 is 1.98 bits per heavy atom. The lowest BCUT2D eigenvalue weighted by molar-refractivity contribution is -0.126. The number of alkyl halides is 4. The van der Waals surface area contributed by atoms with Crippen molar-refractivity contribution in [2.45, 2.75) is 54.2 Å². The molecule has 0 bridgehead atoms. The molecule has 0 amide bonds. The zero-order chi connectivity index (χ0) is 29.4. The van der Waals surface area contributed by atoms with E-state index in [-0.39, 0.29) is 17.4 Å². The molecule has 1 aliphatic heterocycles. The second-order valence-electron chi connectivity index (χ2n) is 10.5. The van der Waals surface area contributed by atoms with E-state index in [1.807, 2.05) is 11.9 Å². The van der Waals surface area contributed by atoms with E-state index in [1.54, 1.807) is 36.4 Å². The second kappa shape index (κ2) is 11.7. The first-order valence-corrected chi connectivity index (χ1v) is 15.8. The van der Waals surface area contributed by atoms with E-state index < -0.39 is 34.5 Å². The number of halogens is 4. The van der Waals surface area contributed by atoms with Gasteiger partial charge in [-0.25, -0.2) is 13.4 Å². The van der Waals surface area contributed by atoms with Gasteiger partial charge in [-0.2, -0.15) is 13.2 Å². The number of thiophene rings is 1. The smallest absolute Gasteiger partial charge is 0.393 e. The van der Waals surface area contributed by atoms with Crippen molar-refractivity contribution in [2.24, 2.45) is 0 Å². The van der Waals surface area contributed by atoms with Crippen molar-refractivity contribution in [1.29, 1.82) is 4.78 Å². The van der Waals surface area contributed by atoms with E-state index in [4.69, 9.17) is 9.52 Å². The van der Waals surface area contributed by atoms with Crippen LogP contribution >= 0.6 is 11.3 Å². The van der Waals surface area contributed by atoms with E-state index in [9.17, 15) is 21.8 Å². The highest BCUT2D eigenvalue weighted by Crippen LogP contribution is 2.40. The summed E-state index contributed by atoms with van der Waals surface area (Å²) in [5, 5.41) is 6.69. The van der Waals surface area contributed by atoms with Crippen LogP contribution in [0.25, 0.3) is 10.1 Å². The molecule has 2 aromatic carbocycles. The number of piperidine rings is 1. The molecule has 2 aliphatic rings. The minimum atomic E-state index is -4.42. The maximum atomic E-state index is 14.7. The minimum absolute atomic E-state index is 0.112. The lowest BCUT2D eigenvalue weighted by atomic mass is 10.0. The molecule has 12 heteroatoms. The summed E-state index contributed by atoms with van der Waals surface area (Å²) in [4.78, 5) is 2.65. The van der Waals surface area contributed by atoms with E-state index in [2.05, 4.69) is 22.5 Å². The lowest BCUT2D eigenvalue weighted by Gasteiger charge is -2.33. The van der Waals surface area contributed by atoms with Crippen molar-refractivity contribution in [3.05, 3.63) is 46.8 Å². The van der Waals surface area contributed by atoms with Crippen LogP contribution in [0.3, 0.4) is 0 Å². The van der Waals surface area contributed by atoms with Gasteiger partial charge in [-0.3, -0.25) is 0 Å². The van der Waals surface area contributed by atoms with Crippen LogP contribution in [-0.4, -0.2) is 66.5 Å². The van der Waals surface area contributed by atoms with Gasteiger partial charge in [0.2, 0.25) is 0 Å². The molecule has 1 saturated carbocycles. The molecule has 2 fully saturated rings. The van der Waals surface area contributed by atoms with Gasteiger partial charge < -0.3 is 20.3 Å². The Bertz CT molecular complexity index is 1590. The minimum Gasteiger partial charge on any atom is -0.495 e. The number of rotatable bonds is 8. The molecule has 1 aliphatic carbocycles. The van der Waals surface area contributed by atoms with Crippen molar-refractivity contribution in [3.63, 3.8) is 0 Å². The highest BCUT2D eigenvalue weighted by Gasteiger charge is 2.34. The highest BCUT2D eigenvalue weighted by molar-refractivity contribution is 7.93. The van der Waals surface area contributed by atoms with Crippen molar-refractivity contribution >= 4 is 42.5 Å². The monoisotopic (exact) mass is 608 g/mol. The van der Waals surface area contributed by atoms with Gasteiger partial charge >= 0.3 is 6.18 Å². The van der Waals surface area contributed by atoms with Crippen LogP contribution in [0.5, 0.6) is 5.75 Å². The van der Waals surface area contributed by atoms with Gasteiger partial charge in [-0.15, -0.1) is 11.3 Å². The fourth-order valence-corrected chi connectivity index (χ4v) is 7.95. The van der Waals surface area contributed by atoms with E-state index in [0.717, 1.165) is 19.4 Å². The predicted octanol–water partition coefficient (Wildman–Crippen LogP) is 6.50. The van der Waals surface area contributed by atoms with Crippen LogP contribution < -0.4 is 15.4 Å². The zero-order valence-electron chi connectivity index (χ0n) is 22.7. The third-order valence-electron chi connectivity index (χ3n) is 7.37. The predicted molar refractivity (Wildman–Crippen MR) is 157 cm³/mol. The van der Waals surface area contributed by atoms with Crippen molar-refractivity contribution in [2.75, 3.05) is 44.4 Å². The average Bonchev–Trinajstić information content (AvgIpc) is 3.72. The van der Waals surface area contributed by atoms with Gasteiger partial charge in [0.05, 0.1) is 61.7 Å². The Morgan fingerprint density at radius 3 is 2.66 bits per heavy atom. The first kappa shape index (κ1) is 29.5. The van der Waals surface area contributed by atoms with E-state index in [1.165, 1.54) is 18.4 Å². The molecule has 220 valence electrons. The molecule has 5 rings (SSSR count). The Labute approximate surface area is 241 Å². The molecular weight excluding hydrogens is 576 g/mol. The lowest BCUT2D eigenvalue weighted by Crippen LogP contribution is -2.46. The third kappa shape index (κ3) is 6.74. The maximum Gasteiger partial charge on any atom is 0.393 e. The largest absolute Gasteiger partial charge is 0.495 e. The molecule has 1 aromatic heterocycles. The Hall–Kier alpha value is -3.01. The molecule has 41 heavy (non-hydrogen) atoms. The molecule has 1 saturated heterocycles. The number of methoxy groups -OCH3 is 1. The summed E-state index contributed by atoms with van der Waals surface area (Å²) in [5.74, 6) is 6.26. The standard InChI is InChI=1S/C29H32F4N4O2S2/c1-37-14-12-23(22(30)17-37)36-25-6-3-5-20-21(16-29(31,32)33)27(40-28(20)25)7-4-13-35-24-11-10-19(15-26(24)39-2)41(34,38)18-8-9-18/h3,5-6,10-11,15,18,22-23,34-36H,8-9,12-14,16-17H2,1-2H3/t22-,23-,41?/m0/s1. The number of benzene rings is 2. The second-order valence-corrected chi connectivity index (χ2v) is 13.9. The number of anilines is 2. The molecule has 3 N–H and O–H groups in total. The van der Waals surface area contributed by atoms with Crippen molar-refractivity contribution in [3.8, 4) is 17.6 Å². The van der Waals surface area contributed by atoms with Gasteiger partial charge in [-0.1, -0.05) is 24.0 Å². The van der Waals surface area contributed by atoms with Gasteiger partial charge in [0.1, 0.15) is 11.9 Å². The summed E-state index contributed by atoms with van der Waals surface area (Å²) >= 11 is 1.17. The van der Waals surface area contributed by atoms with Crippen LogP contribution in [0.15, 0.2) is 41.3 Å². The number of fused-ring (bicyclic) bond motifs is 1. The SMILES string of the molecule is COc1cc(S(=N)(=O)C2CC2)ccc1NCC#Cc1sc2c(N[C@H]3CCN(C)C[C@@H]3F)cccc2c1CC(F)(F)F. The zero-order valence-corrected chi connectivity index (χ0v) is 24.4. The van der Waals surface area contributed by atoms with Crippen molar-refractivity contribution < 1.29 is 26.5 Å². The third-order valence-corrected chi connectivity index (χ3v) is 10.9. The fraction of sp³-hybridized carbons (Fsp3) is 0.448. The number of nitrogens with zero attached hydrogens (tertiary/aromatic N) is 1. The molecule has 3 aromatic rings. The van der Waals surface area contributed by atoms with Gasteiger partial charge in [0.25, 0.3) is 0 Å². The number of nitrogens with one attached hydrogen (secondary N) is 3. The van der Waals surface area contributed by atoms with Crippen LogP contribution in [0, 0.1) is 16.6 Å².